The number of benzene rings is 2. The smallest absolute Gasteiger partial charge is 0.257 e. The third-order valence-corrected chi connectivity index (χ3v) is 7.04. The van der Waals surface area contributed by atoms with Crippen molar-refractivity contribution in [1.82, 2.24) is 9.62 Å². The van der Waals surface area contributed by atoms with E-state index in [9.17, 15) is 22.0 Å². The number of carbonyl (C=O) groups is 1. The molecule has 1 heterocycles. The summed E-state index contributed by atoms with van der Waals surface area (Å²) in [6.07, 6.45) is 1.21. The van der Waals surface area contributed by atoms with Crippen LogP contribution in [0.3, 0.4) is 0 Å². The predicted molar refractivity (Wildman–Crippen MR) is 102 cm³/mol. The lowest BCUT2D eigenvalue weighted by Gasteiger charge is -2.25. The van der Waals surface area contributed by atoms with E-state index in [1.807, 2.05) is 13.0 Å². The zero-order chi connectivity index (χ0) is 20.5. The number of amides is 1. The van der Waals surface area contributed by atoms with Crippen molar-refractivity contribution in [2.45, 2.75) is 37.6 Å². The number of sulfonamides is 1. The Bertz CT molecular complexity index is 988. The molecular formula is C20H22F2N2O3S. The van der Waals surface area contributed by atoms with Gasteiger partial charge in [-0.15, -0.1) is 0 Å². The third kappa shape index (κ3) is 3.93. The van der Waals surface area contributed by atoms with Gasteiger partial charge in [-0.1, -0.05) is 18.2 Å². The average Bonchev–Trinajstić information content (AvgIpc) is 3.11. The summed E-state index contributed by atoms with van der Waals surface area (Å²) in [4.78, 5) is 12.5. The maximum Gasteiger partial charge on any atom is 0.257 e. The van der Waals surface area contributed by atoms with Gasteiger partial charge in [0.15, 0.2) is 0 Å². The lowest BCUT2D eigenvalue weighted by atomic mass is 10.1. The summed E-state index contributed by atoms with van der Waals surface area (Å²) in [5.41, 5.74) is 0.821. The van der Waals surface area contributed by atoms with Crippen LogP contribution in [-0.2, 0) is 10.0 Å². The van der Waals surface area contributed by atoms with E-state index in [-0.39, 0.29) is 11.4 Å². The molecule has 28 heavy (non-hydrogen) atoms. The van der Waals surface area contributed by atoms with Crippen molar-refractivity contribution in [2.75, 3.05) is 13.1 Å². The number of carbonyl (C=O) groups excluding carboxylic acids is 1. The van der Waals surface area contributed by atoms with Crippen LogP contribution in [-0.4, -0.2) is 37.8 Å². The van der Waals surface area contributed by atoms with Crippen molar-refractivity contribution >= 4 is 15.9 Å². The second kappa shape index (κ2) is 7.97. The van der Waals surface area contributed by atoms with E-state index in [0.29, 0.717) is 24.9 Å². The summed E-state index contributed by atoms with van der Waals surface area (Å²) >= 11 is 0. The van der Waals surface area contributed by atoms with E-state index in [0.717, 1.165) is 17.7 Å². The highest BCUT2D eigenvalue weighted by atomic mass is 32.2. The van der Waals surface area contributed by atoms with Gasteiger partial charge in [-0.25, -0.2) is 17.2 Å². The third-order valence-electron chi connectivity index (χ3n) is 4.94. The summed E-state index contributed by atoms with van der Waals surface area (Å²) in [7, 11) is -3.74. The van der Waals surface area contributed by atoms with E-state index in [1.54, 1.807) is 19.1 Å². The van der Waals surface area contributed by atoms with Gasteiger partial charge in [-0.2, -0.15) is 4.31 Å². The fraction of sp³-hybridized carbons (Fsp3) is 0.350. The van der Waals surface area contributed by atoms with Gasteiger partial charge < -0.3 is 5.32 Å². The van der Waals surface area contributed by atoms with Gasteiger partial charge in [0.05, 0.1) is 4.90 Å². The molecule has 1 saturated heterocycles. The van der Waals surface area contributed by atoms with Crippen LogP contribution < -0.4 is 5.32 Å². The van der Waals surface area contributed by atoms with Gasteiger partial charge in [0.25, 0.3) is 5.91 Å². The fourth-order valence-electron chi connectivity index (χ4n) is 3.45. The maximum atomic E-state index is 13.8. The van der Waals surface area contributed by atoms with Crippen LogP contribution in [0.4, 0.5) is 8.78 Å². The minimum absolute atomic E-state index is 0.0172. The van der Waals surface area contributed by atoms with E-state index < -0.39 is 39.2 Å². The molecule has 0 radical (unpaired) electrons. The first-order valence-corrected chi connectivity index (χ1v) is 10.5. The molecule has 2 aromatic rings. The first-order valence-electron chi connectivity index (χ1n) is 9.03. The molecule has 150 valence electrons. The van der Waals surface area contributed by atoms with Gasteiger partial charge in [0.1, 0.15) is 17.2 Å². The fourth-order valence-corrected chi connectivity index (χ4v) is 5.46. The molecule has 1 atom stereocenters. The quantitative estimate of drug-likeness (QED) is 0.827. The van der Waals surface area contributed by atoms with Crippen molar-refractivity contribution in [1.29, 1.82) is 0 Å². The van der Waals surface area contributed by atoms with E-state index in [4.69, 9.17) is 0 Å². The lowest BCUT2D eigenvalue weighted by Crippen LogP contribution is -2.43. The van der Waals surface area contributed by atoms with Gasteiger partial charge in [0.2, 0.25) is 10.0 Å². The van der Waals surface area contributed by atoms with Gasteiger partial charge in [0, 0.05) is 19.1 Å². The maximum absolute atomic E-state index is 13.8. The number of aryl methyl sites for hydroxylation is 2. The molecule has 5 nitrogen and oxygen atoms in total. The topological polar surface area (TPSA) is 66.5 Å². The zero-order valence-corrected chi connectivity index (χ0v) is 16.5. The Hall–Kier alpha value is -2.32. The number of nitrogens with zero attached hydrogens (tertiary/aromatic N) is 1. The Kier molecular flexibility index (Phi) is 5.81. The molecule has 0 aromatic heterocycles. The van der Waals surface area contributed by atoms with Crippen molar-refractivity contribution in [2.24, 2.45) is 0 Å². The van der Waals surface area contributed by atoms with E-state index in [1.165, 1.54) is 10.4 Å². The molecule has 1 N–H and O–H groups in total. The Morgan fingerprint density at radius 3 is 2.54 bits per heavy atom. The number of halogens is 2. The molecular weight excluding hydrogens is 386 g/mol. The van der Waals surface area contributed by atoms with Crippen LogP contribution in [0.25, 0.3) is 0 Å². The molecule has 8 heteroatoms. The first kappa shape index (κ1) is 20.4. The molecule has 1 aliphatic heterocycles. The molecule has 0 aliphatic carbocycles. The number of nitrogens with one attached hydrogen (secondary N) is 1. The first-order chi connectivity index (χ1) is 13.2. The predicted octanol–water partition coefficient (Wildman–Crippen LogP) is 3.16. The minimum Gasteiger partial charge on any atom is -0.350 e. The normalized spacial score (nSPS) is 17.6. The number of rotatable bonds is 5. The van der Waals surface area contributed by atoms with Gasteiger partial charge in [-0.3, -0.25) is 4.79 Å². The van der Waals surface area contributed by atoms with Crippen molar-refractivity contribution in [3.05, 3.63) is 64.7 Å². The summed E-state index contributed by atoms with van der Waals surface area (Å²) in [6.45, 7) is 3.88. The summed E-state index contributed by atoms with van der Waals surface area (Å²) < 4.78 is 55.2. The minimum atomic E-state index is -3.74. The Morgan fingerprint density at radius 2 is 1.86 bits per heavy atom. The molecule has 1 amide bonds. The van der Waals surface area contributed by atoms with Crippen LogP contribution in [0.5, 0.6) is 0 Å². The summed E-state index contributed by atoms with van der Waals surface area (Å²) in [5, 5.41) is 2.48. The lowest BCUT2D eigenvalue weighted by molar-refractivity contribution is 0.0938. The van der Waals surface area contributed by atoms with Gasteiger partial charge in [-0.05, 0) is 56.0 Å². The molecule has 0 unspecified atom stereocenters. The van der Waals surface area contributed by atoms with Crippen LogP contribution in [0.2, 0.25) is 0 Å². The zero-order valence-electron chi connectivity index (χ0n) is 15.7. The SMILES string of the molecule is Cc1ccc(C)c(S(=O)(=O)N2CCC[C@H]2CNC(=O)c2c(F)cccc2F)c1. The molecule has 0 spiro atoms. The molecule has 1 fully saturated rings. The van der Waals surface area contributed by atoms with Crippen molar-refractivity contribution in [3.8, 4) is 0 Å². The highest BCUT2D eigenvalue weighted by molar-refractivity contribution is 7.89. The molecule has 3 rings (SSSR count). The second-order valence-electron chi connectivity index (χ2n) is 6.99. The summed E-state index contributed by atoms with van der Waals surface area (Å²) in [5.74, 6) is -2.81. The standard InChI is InChI=1S/C20H22F2N2O3S/c1-13-8-9-14(2)18(11-13)28(26,27)24-10-4-5-15(24)12-23-20(25)19-16(21)6-3-7-17(19)22/h3,6-9,11,15H,4-5,10,12H2,1-2H3,(H,23,25)/t15-/m0/s1. The summed E-state index contributed by atoms with van der Waals surface area (Å²) in [6, 6.07) is 7.96. The molecule has 0 bridgehead atoms. The molecule has 0 saturated carbocycles. The Labute approximate surface area is 163 Å². The van der Waals surface area contributed by atoms with E-state index >= 15 is 0 Å². The monoisotopic (exact) mass is 408 g/mol. The Balaban J connectivity index is 1.78. The Morgan fingerprint density at radius 1 is 1.18 bits per heavy atom. The number of hydrogen-bond acceptors (Lipinski definition) is 3. The van der Waals surface area contributed by atoms with Crippen LogP contribution >= 0.6 is 0 Å². The number of hydrogen-bond donors (Lipinski definition) is 1. The van der Waals surface area contributed by atoms with Crippen LogP contribution in [0.1, 0.15) is 34.3 Å². The van der Waals surface area contributed by atoms with Crippen LogP contribution in [0, 0.1) is 25.5 Å². The van der Waals surface area contributed by atoms with Crippen molar-refractivity contribution in [3.63, 3.8) is 0 Å². The van der Waals surface area contributed by atoms with Crippen LogP contribution in [0.15, 0.2) is 41.3 Å². The largest absolute Gasteiger partial charge is 0.350 e. The van der Waals surface area contributed by atoms with Gasteiger partial charge >= 0.3 is 0 Å². The second-order valence-corrected chi connectivity index (χ2v) is 8.85. The van der Waals surface area contributed by atoms with Crippen molar-refractivity contribution < 1.29 is 22.0 Å². The molecule has 2 aromatic carbocycles. The molecule has 1 aliphatic rings. The average molecular weight is 408 g/mol. The highest BCUT2D eigenvalue weighted by Gasteiger charge is 2.36. The van der Waals surface area contributed by atoms with E-state index in [2.05, 4.69) is 5.32 Å². The highest BCUT2D eigenvalue weighted by Crippen LogP contribution is 2.28.